The maximum atomic E-state index is 12.2. The second-order valence-corrected chi connectivity index (χ2v) is 7.64. The van der Waals surface area contributed by atoms with E-state index in [4.69, 9.17) is 4.74 Å². The molecule has 0 aliphatic rings. The van der Waals surface area contributed by atoms with Gasteiger partial charge in [-0.2, -0.15) is 11.8 Å². The number of thioether (sulfide) groups is 1. The summed E-state index contributed by atoms with van der Waals surface area (Å²) in [5.74, 6) is 2.41. The highest BCUT2D eigenvalue weighted by molar-refractivity contribution is 7.99. The fraction of sp³-hybridized carbons (Fsp3) is 0.571. The van der Waals surface area contributed by atoms with Gasteiger partial charge in [0.1, 0.15) is 12.4 Å². The van der Waals surface area contributed by atoms with E-state index in [0.29, 0.717) is 12.4 Å². The molecule has 0 saturated carbocycles. The van der Waals surface area contributed by atoms with Gasteiger partial charge in [-0.25, -0.2) is 13.1 Å². The summed E-state index contributed by atoms with van der Waals surface area (Å²) < 4.78 is 32.6. The molecule has 7 heteroatoms. The zero-order valence-electron chi connectivity index (χ0n) is 12.8. The van der Waals surface area contributed by atoms with E-state index in [1.165, 1.54) is 0 Å². The summed E-state index contributed by atoms with van der Waals surface area (Å²) in [6.07, 6.45) is 0. The SMILES string of the molecule is CCSCC(C)NS(=O)(=O)c1ccc(OCCNC)cc1. The Morgan fingerprint density at radius 3 is 2.52 bits per heavy atom. The second-order valence-electron chi connectivity index (χ2n) is 4.61. The van der Waals surface area contributed by atoms with Gasteiger partial charge < -0.3 is 10.1 Å². The van der Waals surface area contributed by atoms with E-state index in [9.17, 15) is 8.42 Å². The molecular formula is C14H24N2O3S2. The Kier molecular flexibility index (Phi) is 8.10. The topological polar surface area (TPSA) is 67.4 Å². The van der Waals surface area contributed by atoms with Gasteiger partial charge in [0.2, 0.25) is 10.0 Å². The number of benzene rings is 1. The molecule has 1 rings (SSSR count). The molecule has 0 spiro atoms. The van der Waals surface area contributed by atoms with Gasteiger partial charge in [-0.3, -0.25) is 0 Å². The number of nitrogens with one attached hydrogen (secondary N) is 2. The van der Waals surface area contributed by atoms with Crippen LogP contribution in [0, 0.1) is 0 Å². The first kappa shape index (κ1) is 18.3. The van der Waals surface area contributed by atoms with Gasteiger partial charge in [-0.15, -0.1) is 0 Å². The van der Waals surface area contributed by atoms with Crippen molar-refractivity contribution in [2.45, 2.75) is 24.8 Å². The fourth-order valence-electron chi connectivity index (χ4n) is 1.65. The van der Waals surface area contributed by atoms with Crippen LogP contribution in [0.15, 0.2) is 29.2 Å². The lowest BCUT2D eigenvalue weighted by molar-refractivity contribution is 0.318. The molecule has 0 aliphatic carbocycles. The molecule has 0 amide bonds. The van der Waals surface area contributed by atoms with Gasteiger partial charge in [-0.1, -0.05) is 6.92 Å². The van der Waals surface area contributed by atoms with Gasteiger partial charge in [0.05, 0.1) is 4.90 Å². The van der Waals surface area contributed by atoms with Gasteiger partial charge in [0.25, 0.3) is 0 Å². The summed E-state index contributed by atoms with van der Waals surface area (Å²) in [6.45, 7) is 5.22. The minimum atomic E-state index is -3.46. The second kappa shape index (κ2) is 9.30. The highest BCUT2D eigenvalue weighted by Crippen LogP contribution is 2.16. The Morgan fingerprint density at radius 2 is 1.95 bits per heavy atom. The molecule has 0 fully saturated rings. The molecule has 5 nitrogen and oxygen atoms in total. The van der Waals surface area contributed by atoms with Gasteiger partial charge in [-0.05, 0) is 44.0 Å². The van der Waals surface area contributed by atoms with E-state index < -0.39 is 10.0 Å². The summed E-state index contributed by atoms with van der Waals surface area (Å²) in [5, 5.41) is 2.98. The van der Waals surface area contributed by atoms with Crippen LogP contribution in [0.4, 0.5) is 0 Å². The van der Waals surface area contributed by atoms with E-state index in [-0.39, 0.29) is 10.9 Å². The minimum absolute atomic E-state index is 0.0912. The van der Waals surface area contributed by atoms with E-state index in [1.807, 2.05) is 14.0 Å². The number of sulfonamides is 1. The van der Waals surface area contributed by atoms with Crippen LogP contribution in [0.5, 0.6) is 5.75 Å². The van der Waals surface area contributed by atoms with Crippen LogP contribution in [0.3, 0.4) is 0 Å². The summed E-state index contributed by atoms with van der Waals surface area (Å²) in [4.78, 5) is 0.261. The molecule has 0 heterocycles. The molecule has 1 unspecified atom stereocenters. The lowest BCUT2D eigenvalue weighted by atomic mass is 10.3. The van der Waals surface area contributed by atoms with Crippen molar-refractivity contribution in [1.82, 2.24) is 10.0 Å². The van der Waals surface area contributed by atoms with E-state index in [1.54, 1.807) is 36.0 Å². The van der Waals surface area contributed by atoms with Crippen LogP contribution in [-0.4, -0.2) is 46.2 Å². The third-order valence-corrected chi connectivity index (χ3v) is 5.43. The van der Waals surface area contributed by atoms with Gasteiger partial charge in [0.15, 0.2) is 0 Å². The zero-order valence-corrected chi connectivity index (χ0v) is 14.4. The van der Waals surface area contributed by atoms with Crippen molar-refractivity contribution in [2.75, 3.05) is 31.7 Å². The van der Waals surface area contributed by atoms with Crippen LogP contribution in [-0.2, 0) is 10.0 Å². The molecule has 0 saturated heterocycles. The highest BCUT2D eigenvalue weighted by Gasteiger charge is 2.17. The molecule has 1 aromatic carbocycles. The summed E-state index contributed by atoms with van der Waals surface area (Å²) in [7, 11) is -1.61. The van der Waals surface area contributed by atoms with Crippen molar-refractivity contribution >= 4 is 21.8 Å². The van der Waals surface area contributed by atoms with Crippen molar-refractivity contribution in [3.8, 4) is 5.75 Å². The Balaban J connectivity index is 2.62. The predicted octanol–water partition coefficient (Wildman–Crippen LogP) is 1.70. The number of hydrogen-bond acceptors (Lipinski definition) is 5. The highest BCUT2D eigenvalue weighted by atomic mass is 32.2. The van der Waals surface area contributed by atoms with Gasteiger partial charge >= 0.3 is 0 Å². The molecular weight excluding hydrogens is 308 g/mol. The van der Waals surface area contributed by atoms with Crippen molar-refractivity contribution in [3.63, 3.8) is 0 Å². The summed E-state index contributed by atoms with van der Waals surface area (Å²) >= 11 is 1.71. The molecule has 21 heavy (non-hydrogen) atoms. The average Bonchev–Trinajstić information content (AvgIpc) is 2.45. The number of ether oxygens (including phenoxy) is 1. The third-order valence-electron chi connectivity index (χ3n) is 2.68. The number of likely N-dealkylation sites (N-methyl/N-ethyl adjacent to an activating group) is 1. The van der Waals surface area contributed by atoms with Crippen LogP contribution in [0.1, 0.15) is 13.8 Å². The fourth-order valence-corrected chi connectivity index (χ4v) is 3.67. The zero-order chi connectivity index (χ0) is 15.7. The average molecular weight is 332 g/mol. The molecule has 2 N–H and O–H groups in total. The Morgan fingerprint density at radius 1 is 1.29 bits per heavy atom. The minimum Gasteiger partial charge on any atom is -0.492 e. The third kappa shape index (κ3) is 6.69. The number of hydrogen-bond donors (Lipinski definition) is 2. The number of rotatable bonds is 10. The summed E-state index contributed by atoms with van der Waals surface area (Å²) in [5.41, 5.74) is 0. The largest absolute Gasteiger partial charge is 0.492 e. The van der Waals surface area contributed by atoms with E-state index in [0.717, 1.165) is 18.1 Å². The van der Waals surface area contributed by atoms with Crippen LogP contribution in [0.25, 0.3) is 0 Å². The Labute approximate surface area is 131 Å². The molecule has 1 atom stereocenters. The molecule has 120 valence electrons. The summed E-state index contributed by atoms with van der Waals surface area (Å²) in [6, 6.07) is 6.39. The first-order chi connectivity index (χ1) is 9.99. The van der Waals surface area contributed by atoms with Crippen molar-refractivity contribution in [2.24, 2.45) is 0 Å². The Bertz CT molecular complexity index is 503. The smallest absolute Gasteiger partial charge is 0.240 e. The van der Waals surface area contributed by atoms with Crippen LogP contribution < -0.4 is 14.8 Å². The molecule has 0 aromatic heterocycles. The normalized spacial score (nSPS) is 13.1. The lowest BCUT2D eigenvalue weighted by Crippen LogP contribution is -2.34. The monoisotopic (exact) mass is 332 g/mol. The van der Waals surface area contributed by atoms with E-state index >= 15 is 0 Å². The molecule has 1 aromatic rings. The quantitative estimate of drug-likeness (QED) is 0.639. The van der Waals surface area contributed by atoms with Crippen LogP contribution in [0.2, 0.25) is 0 Å². The first-order valence-electron chi connectivity index (χ1n) is 6.97. The molecule has 0 aliphatic heterocycles. The van der Waals surface area contributed by atoms with Crippen LogP contribution >= 0.6 is 11.8 Å². The molecule has 0 bridgehead atoms. The van der Waals surface area contributed by atoms with E-state index in [2.05, 4.69) is 17.0 Å². The molecule has 0 radical (unpaired) electrons. The Hall–Kier alpha value is -0.760. The lowest BCUT2D eigenvalue weighted by Gasteiger charge is -2.14. The van der Waals surface area contributed by atoms with Crippen molar-refractivity contribution in [1.29, 1.82) is 0 Å². The van der Waals surface area contributed by atoms with Crippen molar-refractivity contribution < 1.29 is 13.2 Å². The first-order valence-corrected chi connectivity index (χ1v) is 9.61. The van der Waals surface area contributed by atoms with Gasteiger partial charge in [0, 0.05) is 18.3 Å². The maximum Gasteiger partial charge on any atom is 0.240 e. The van der Waals surface area contributed by atoms with Crippen molar-refractivity contribution in [3.05, 3.63) is 24.3 Å². The maximum absolute atomic E-state index is 12.2. The predicted molar refractivity (Wildman–Crippen MR) is 88.6 cm³/mol. The standard InChI is InChI=1S/C14H24N2O3S2/c1-4-20-11-12(2)16-21(17,18)14-7-5-13(6-8-14)19-10-9-15-3/h5-8,12,15-16H,4,9-11H2,1-3H3.